The molecule has 0 aliphatic carbocycles. The largest absolute Gasteiger partial charge is 0.399 e. The summed E-state index contributed by atoms with van der Waals surface area (Å²) in [4.78, 5) is 16.7. The van der Waals surface area contributed by atoms with Gasteiger partial charge in [0.2, 0.25) is 5.91 Å². The van der Waals surface area contributed by atoms with Crippen molar-refractivity contribution in [1.29, 1.82) is 0 Å². The molecule has 1 unspecified atom stereocenters. The molecule has 1 atom stereocenters. The molecule has 0 spiro atoms. The predicted octanol–water partition coefficient (Wildman–Crippen LogP) is 3.62. The number of carbonyl (C=O) groups excluding carboxylic acids is 1. The van der Waals surface area contributed by atoms with Crippen LogP contribution in [-0.2, 0) is 4.79 Å². The second kappa shape index (κ2) is 6.49. The van der Waals surface area contributed by atoms with E-state index in [0.717, 1.165) is 29.9 Å². The topological polar surface area (TPSA) is 68.0 Å². The molecule has 1 aliphatic rings. The minimum absolute atomic E-state index is 0.0680. The summed E-state index contributed by atoms with van der Waals surface area (Å²) in [6.07, 6.45) is 3.31. The average Bonchev–Trinajstić information content (AvgIpc) is 2.97. The number of nitrogens with zero attached hydrogens (tertiary/aromatic N) is 1. The number of hydrogen-bond acceptors (Lipinski definition) is 5. The fraction of sp³-hybridized carbons (Fsp3) is 0.333. The standard InChI is InChI=1S/C15H17N3OS2/c16-11-5-3-4-10(8-11)12-9-21-15(17-12)18-14(19)13-6-1-2-7-20-13/h3-5,8-9,13H,1-2,6-7,16H2,(H,17,18,19). The van der Waals surface area contributed by atoms with Gasteiger partial charge in [0.1, 0.15) is 0 Å². The van der Waals surface area contributed by atoms with Gasteiger partial charge in [-0.1, -0.05) is 18.6 Å². The first-order chi connectivity index (χ1) is 10.2. The number of hydrogen-bond donors (Lipinski definition) is 2. The van der Waals surface area contributed by atoms with Crippen LogP contribution in [-0.4, -0.2) is 21.9 Å². The molecule has 2 aromatic rings. The van der Waals surface area contributed by atoms with E-state index in [-0.39, 0.29) is 11.2 Å². The van der Waals surface area contributed by atoms with Gasteiger partial charge < -0.3 is 11.1 Å². The maximum atomic E-state index is 12.2. The number of nitrogen functional groups attached to an aromatic ring is 1. The summed E-state index contributed by atoms with van der Waals surface area (Å²) in [6.45, 7) is 0. The Balaban J connectivity index is 1.69. The van der Waals surface area contributed by atoms with E-state index < -0.39 is 0 Å². The molecule has 0 saturated carbocycles. The molecule has 0 radical (unpaired) electrons. The van der Waals surface area contributed by atoms with Gasteiger partial charge >= 0.3 is 0 Å². The Hall–Kier alpha value is -1.53. The normalized spacial score (nSPS) is 18.4. The van der Waals surface area contributed by atoms with Crippen LogP contribution < -0.4 is 11.1 Å². The van der Waals surface area contributed by atoms with E-state index in [2.05, 4.69) is 10.3 Å². The number of thioether (sulfide) groups is 1. The fourth-order valence-corrected chi connectivity index (χ4v) is 4.22. The van der Waals surface area contributed by atoms with Crippen molar-refractivity contribution in [3.05, 3.63) is 29.6 Å². The summed E-state index contributed by atoms with van der Waals surface area (Å²) in [5.74, 6) is 1.15. The van der Waals surface area contributed by atoms with Crippen molar-refractivity contribution >= 4 is 39.8 Å². The van der Waals surface area contributed by atoms with Crippen molar-refractivity contribution in [2.75, 3.05) is 16.8 Å². The third kappa shape index (κ3) is 3.57. The van der Waals surface area contributed by atoms with E-state index in [4.69, 9.17) is 5.73 Å². The second-order valence-corrected chi connectivity index (χ2v) is 7.18. The van der Waals surface area contributed by atoms with Crippen molar-refractivity contribution in [3.8, 4) is 11.3 Å². The zero-order chi connectivity index (χ0) is 14.7. The number of anilines is 2. The number of aromatic nitrogens is 1. The molecule has 4 nitrogen and oxygen atoms in total. The summed E-state index contributed by atoms with van der Waals surface area (Å²) < 4.78 is 0. The molecule has 1 aliphatic heterocycles. The molecule has 6 heteroatoms. The van der Waals surface area contributed by atoms with Crippen LogP contribution in [0.15, 0.2) is 29.6 Å². The minimum Gasteiger partial charge on any atom is -0.399 e. The maximum absolute atomic E-state index is 12.2. The highest BCUT2D eigenvalue weighted by molar-refractivity contribution is 8.00. The molecule has 110 valence electrons. The van der Waals surface area contributed by atoms with Crippen molar-refractivity contribution in [1.82, 2.24) is 4.98 Å². The number of nitrogens with two attached hydrogens (primary N) is 1. The SMILES string of the molecule is Nc1cccc(-c2csc(NC(=O)C3CCCCS3)n2)c1. The van der Waals surface area contributed by atoms with E-state index in [1.165, 1.54) is 17.8 Å². The van der Waals surface area contributed by atoms with Gasteiger partial charge in [0.25, 0.3) is 0 Å². The molecule has 3 rings (SSSR count). The summed E-state index contributed by atoms with van der Waals surface area (Å²) in [5.41, 5.74) is 8.31. The van der Waals surface area contributed by atoms with Crippen LogP contribution >= 0.6 is 23.1 Å². The van der Waals surface area contributed by atoms with Crippen LogP contribution in [0.5, 0.6) is 0 Å². The lowest BCUT2D eigenvalue weighted by atomic mass is 10.1. The number of amides is 1. The Morgan fingerprint density at radius 3 is 3.05 bits per heavy atom. The van der Waals surface area contributed by atoms with Gasteiger partial charge in [-0.25, -0.2) is 4.98 Å². The second-order valence-electron chi connectivity index (χ2n) is 5.01. The first-order valence-electron chi connectivity index (χ1n) is 6.96. The van der Waals surface area contributed by atoms with Crippen LogP contribution in [0, 0.1) is 0 Å². The lowest BCUT2D eigenvalue weighted by Gasteiger charge is -2.19. The van der Waals surface area contributed by atoms with Gasteiger partial charge in [-0.3, -0.25) is 4.79 Å². The fourth-order valence-electron chi connectivity index (χ4n) is 2.30. The van der Waals surface area contributed by atoms with E-state index in [1.807, 2.05) is 29.6 Å². The Labute approximate surface area is 132 Å². The van der Waals surface area contributed by atoms with Gasteiger partial charge in [-0.15, -0.1) is 23.1 Å². The summed E-state index contributed by atoms with van der Waals surface area (Å²) in [7, 11) is 0. The van der Waals surface area contributed by atoms with Gasteiger partial charge in [-0.05, 0) is 30.7 Å². The van der Waals surface area contributed by atoms with Gasteiger partial charge in [-0.2, -0.15) is 0 Å². The van der Waals surface area contributed by atoms with Gasteiger partial charge in [0, 0.05) is 16.6 Å². The Bertz CT molecular complexity index is 635. The molecular weight excluding hydrogens is 302 g/mol. The van der Waals surface area contributed by atoms with Crippen molar-refractivity contribution < 1.29 is 4.79 Å². The monoisotopic (exact) mass is 319 g/mol. The van der Waals surface area contributed by atoms with E-state index in [1.54, 1.807) is 11.8 Å². The lowest BCUT2D eigenvalue weighted by Crippen LogP contribution is -2.27. The molecule has 1 amide bonds. The smallest absolute Gasteiger partial charge is 0.239 e. The molecule has 1 saturated heterocycles. The summed E-state index contributed by atoms with van der Waals surface area (Å²) >= 11 is 3.19. The zero-order valence-electron chi connectivity index (χ0n) is 11.5. The molecular formula is C15H17N3OS2. The third-order valence-electron chi connectivity index (χ3n) is 3.39. The highest BCUT2D eigenvalue weighted by atomic mass is 32.2. The first kappa shape index (κ1) is 14.4. The minimum atomic E-state index is 0.0680. The van der Waals surface area contributed by atoms with Crippen LogP contribution in [0.25, 0.3) is 11.3 Å². The maximum Gasteiger partial charge on any atom is 0.239 e. The molecule has 3 N–H and O–H groups in total. The van der Waals surface area contributed by atoms with Crippen molar-refractivity contribution in [2.45, 2.75) is 24.5 Å². The summed E-state index contributed by atoms with van der Waals surface area (Å²) in [5, 5.41) is 5.60. The van der Waals surface area contributed by atoms with E-state index >= 15 is 0 Å². The van der Waals surface area contributed by atoms with E-state index in [9.17, 15) is 4.79 Å². The van der Waals surface area contributed by atoms with Crippen LogP contribution in [0.2, 0.25) is 0 Å². The highest BCUT2D eigenvalue weighted by Crippen LogP contribution is 2.29. The molecule has 0 bridgehead atoms. The molecule has 1 aromatic carbocycles. The Morgan fingerprint density at radius 1 is 1.38 bits per heavy atom. The third-order valence-corrected chi connectivity index (χ3v) is 5.52. The van der Waals surface area contributed by atoms with Crippen molar-refractivity contribution in [2.24, 2.45) is 0 Å². The highest BCUT2D eigenvalue weighted by Gasteiger charge is 2.22. The Morgan fingerprint density at radius 2 is 2.29 bits per heavy atom. The average molecular weight is 319 g/mol. The van der Waals surface area contributed by atoms with Crippen LogP contribution in [0.3, 0.4) is 0 Å². The number of rotatable bonds is 3. The number of thiazole rings is 1. The predicted molar refractivity (Wildman–Crippen MR) is 90.7 cm³/mol. The zero-order valence-corrected chi connectivity index (χ0v) is 13.2. The molecule has 1 fully saturated rings. The first-order valence-corrected chi connectivity index (χ1v) is 8.89. The number of carbonyl (C=O) groups is 1. The summed E-state index contributed by atoms with van der Waals surface area (Å²) in [6, 6.07) is 7.60. The Kier molecular flexibility index (Phi) is 4.45. The van der Waals surface area contributed by atoms with E-state index in [0.29, 0.717) is 10.8 Å². The molecule has 21 heavy (non-hydrogen) atoms. The number of benzene rings is 1. The van der Waals surface area contributed by atoms with Crippen LogP contribution in [0.1, 0.15) is 19.3 Å². The molecule has 2 heterocycles. The van der Waals surface area contributed by atoms with Crippen LogP contribution in [0.4, 0.5) is 10.8 Å². The number of nitrogens with one attached hydrogen (secondary N) is 1. The van der Waals surface area contributed by atoms with Crippen molar-refractivity contribution in [3.63, 3.8) is 0 Å². The lowest BCUT2D eigenvalue weighted by molar-refractivity contribution is -0.115. The quantitative estimate of drug-likeness (QED) is 0.848. The van der Waals surface area contributed by atoms with Gasteiger partial charge in [0.05, 0.1) is 10.9 Å². The molecule has 1 aromatic heterocycles. The van der Waals surface area contributed by atoms with Gasteiger partial charge in [0.15, 0.2) is 5.13 Å².